The Morgan fingerprint density at radius 1 is 1.33 bits per heavy atom. The van der Waals surface area contributed by atoms with E-state index in [0.717, 1.165) is 5.41 Å². The predicted octanol–water partition coefficient (Wildman–Crippen LogP) is 1.74. The van der Waals surface area contributed by atoms with Gasteiger partial charge in [-0.05, 0) is 38.8 Å². The van der Waals surface area contributed by atoms with Crippen LogP contribution in [-0.4, -0.2) is 25.5 Å². The molecule has 1 aliphatic rings. The number of hydrogen-bond acceptors (Lipinski definition) is 1. The lowest BCUT2D eigenvalue weighted by atomic mass is 10.0. The van der Waals surface area contributed by atoms with Gasteiger partial charge in [-0.15, -0.1) is 0 Å². The van der Waals surface area contributed by atoms with Crippen LogP contribution in [0.25, 0.3) is 0 Å². The van der Waals surface area contributed by atoms with Crippen LogP contribution in [0.5, 0.6) is 0 Å². The highest BCUT2D eigenvalue weighted by Crippen LogP contribution is 2.48. The van der Waals surface area contributed by atoms with Gasteiger partial charge in [0.25, 0.3) is 0 Å². The second-order valence-electron chi connectivity index (χ2n) is 3.59. The zero-order valence-corrected chi connectivity index (χ0v) is 6.78. The summed E-state index contributed by atoms with van der Waals surface area (Å²) in [6.45, 7) is 3.60. The number of hydrogen-bond donors (Lipinski definition) is 0. The molecule has 54 valence electrons. The maximum Gasteiger partial charge on any atom is 0.00318 e. The first-order valence-electron chi connectivity index (χ1n) is 3.83. The van der Waals surface area contributed by atoms with Gasteiger partial charge in [0, 0.05) is 6.54 Å². The molecule has 0 bridgehead atoms. The Kier molecular flexibility index (Phi) is 1.80. The molecule has 1 heteroatoms. The van der Waals surface area contributed by atoms with Crippen LogP contribution >= 0.6 is 0 Å². The Hall–Kier alpha value is -0.0400. The largest absolute Gasteiger partial charge is 0.309 e. The van der Waals surface area contributed by atoms with Gasteiger partial charge in [-0.25, -0.2) is 0 Å². The molecule has 0 amide bonds. The highest BCUT2D eigenvalue weighted by Gasteiger charge is 2.40. The van der Waals surface area contributed by atoms with Crippen LogP contribution in [0.3, 0.4) is 0 Å². The van der Waals surface area contributed by atoms with E-state index in [4.69, 9.17) is 0 Å². The van der Waals surface area contributed by atoms with Gasteiger partial charge >= 0.3 is 0 Å². The van der Waals surface area contributed by atoms with Crippen LogP contribution in [0.2, 0.25) is 0 Å². The molecule has 0 atom stereocenters. The molecule has 0 aromatic carbocycles. The fourth-order valence-electron chi connectivity index (χ4n) is 1.47. The van der Waals surface area contributed by atoms with Gasteiger partial charge < -0.3 is 4.90 Å². The van der Waals surface area contributed by atoms with Crippen molar-refractivity contribution in [3.05, 3.63) is 0 Å². The fraction of sp³-hybridized carbons (Fsp3) is 1.00. The van der Waals surface area contributed by atoms with Crippen molar-refractivity contribution in [3.63, 3.8) is 0 Å². The third-order valence-corrected chi connectivity index (χ3v) is 2.36. The molecule has 0 N–H and O–H groups in total. The van der Waals surface area contributed by atoms with E-state index in [-0.39, 0.29) is 0 Å². The minimum Gasteiger partial charge on any atom is -0.309 e. The normalized spacial score (nSPS) is 22.7. The van der Waals surface area contributed by atoms with Gasteiger partial charge in [-0.3, -0.25) is 0 Å². The Labute approximate surface area is 58.0 Å². The Morgan fingerprint density at radius 3 is 2.00 bits per heavy atom. The van der Waals surface area contributed by atoms with E-state index in [0.29, 0.717) is 0 Å². The van der Waals surface area contributed by atoms with Crippen molar-refractivity contribution >= 4 is 0 Å². The molecule has 1 fully saturated rings. The van der Waals surface area contributed by atoms with Crippen molar-refractivity contribution in [2.24, 2.45) is 5.41 Å². The van der Waals surface area contributed by atoms with E-state index in [9.17, 15) is 0 Å². The van der Waals surface area contributed by atoms with Gasteiger partial charge in [0.1, 0.15) is 0 Å². The molecule has 1 aliphatic carbocycles. The van der Waals surface area contributed by atoms with E-state index < -0.39 is 0 Å². The summed E-state index contributed by atoms with van der Waals surface area (Å²) in [5.74, 6) is 0. The van der Waals surface area contributed by atoms with Crippen LogP contribution < -0.4 is 0 Å². The third kappa shape index (κ3) is 1.68. The Morgan fingerprint density at radius 2 is 1.89 bits per heavy atom. The summed E-state index contributed by atoms with van der Waals surface area (Å²) >= 11 is 0. The van der Waals surface area contributed by atoms with Gasteiger partial charge in [0.15, 0.2) is 0 Å². The van der Waals surface area contributed by atoms with Crippen LogP contribution in [0.15, 0.2) is 0 Å². The van der Waals surface area contributed by atoms with Crippen LogP contribution in [-0.2, 0) is 0 Å². The zero-order valence-electron chi connectivity index (χ0n) is 6.78. The van der Waals surface area contributed by atoms with Crippen molar-refractivity contribution in [1.29, 1.82) is 0 Å². The van der Waals surface area contributed by atoms with E-state index in [1.165, 1.54) is 25.8 Å². The quantitative estimate of drug-likeness (QED) is 0.558. The summed E-state index contributed by atoms with van der Waals surface area (Å²) < 4.78 is 0. The summed E-state index contributed by atoms with van der Waals surface area (Å²) in [5, 5.41) is 0. The van der Waals surface area contributed by atoms with Crippen molar-refractivity contribution in [1.82, 2.24) is 4.90 Å². The average molecular weight is 127 g/mol. The van der Waals surface area contributed by atoms with Crippen LogP contribution in [0, 0.1) is 5.41 Å². The van der Waals surface area contributed by atoms with E-state index in [2.05, 4.69) is 25.9 Å². The maximum absolute atomic E-state index is 2.30. The standard InChI is InChI=1S/C8H17N/c1-4-8(5-6-8)7-9(2)3/h4-7H2,1-3H3. The number of rotatable bonds is 3. The lowest BCUT2D eigenvalue weighted by Crippen LogP contribution is -2.21. The minimum absolute atomic E-state index is 0.740. The van der Waals surface area contributed by atoms with Gasteiger partial charge in [0.2, 0.25) is 0 Å². The van der Waals surface area contributed by atoms with Gasteiger partial charge in [-0.1, -0.05) is 6.92 Å². The van der Waals surface area contributed by atoms with E-state index in [1.54, 1.807) is 0 Å². The second kappa shape index (κ2) is 2.30. The molecule has 9 heavy (non-hydrogen) atoms. The van der Waals surface area contributed by atoms with Gasteiger partial charge in [0.05, 0.1) is 0 Å². The molecule has 0 radical (unpaired) electrons. The van der Waals surface area contributed by atoms with Crippen molar-refractivity contribution in [3.8, 4) is 0 Å². The fourth-order valence-corrected chi connectivity index (χ4v) is 1.47. The first kappa shape index (κ1) is 7.07. The average Bonchev–Trinajstić information content (AvgIpc) is 2.48. The molecule has 1 rings (SSSR count). The van der Waals surface area contributed by atoms with Crippen LogP contribution in [0.4, 0.5) is 0 Å². The Bertz CT molecular complexity index is 92.7. The van der Waals surface area contributed by atoms with Crippen molar-refractivity contribution in [2.75, 3.05) is 20.6 Å². The monoisotopic (exact) mass is 127 g/mol. The molecular weight excluding hydrogens is 110 g/mol. The summed E-state index contributed by atoms with van der Waals surface area (Å²) in [7, 11) is 4.32. The second-order valence-corrected chi connectivity index (χ2v) is 3.59. The maximum atomic E-state index is 2.30. The number of nitrogens with zero attached hydrogens (tertiary/aromatic N) is 1. The summed E-state index contributed by atoms with van der Waals surface area (Å²) in [5.41, 5.74) is 0.740. The predicted molar refractivity (Wildman–Crippen MR) is 40.5 cm³/mol. The molecule has 0 saturated heterocycles. The third-order valence-electron chi connectivity index (χ3n) is 2.36. The molecule has 0 unspecified atom stereocenters. The zero-order chi connectivity index (χ0) is 6.91. The molecule has 0 spiro atoms. The summed E-state index contributed by atoms with van der Waals surface area (Å²) in [4.78, 5) is 2.30. The SMILES string of the molecule is CCC1(CN(C)C)CC1. The topological polar surface area (TPSA) is 3.24 Å². The highest BCUT2D eigenvalue weighted by atomic mass is 15.1. The van der Waals surface area contributed by atoms with Crippen molar-refractivity contribution < 1.29 is 0 Å². The van der Waals surface area contributed by atoms with E-state index in [1.807, 2.05) is 0 Å². The Balaban J connectivity index is 2.25. The van der Waals surface area contributed by atoms with Crippen molar-refractivity contribution in [2.45, 2.75) is 26.2 Å². The first-order chi connectivity index (χ1) is 4.18. The molecular formula is C8H17N. The summed E-state index contributed by atoms with van der Waals surface area (Å²) in [6, 6.07) is 0. The summed E-state index contributed by atoms with van der Waals surface area (Å²) in [6.07, 6.45) is 4.29. The molecule has 1 nitrogen and oxygen atoms in total. The molecule has 0 heterocycles. The molecule has 0 aliphatic heterocycles. The van der Waals surface area contributed by atoms with Gasteiger partial charge in [-0.2, -0.15) is 0 Å². The molecule has 0 aromatic rings. The smallest absolute Gasteiger partial charge is 0.00318 e. The van der Waals surface area contributed by atoms with E-state index >= 15 is 0 Å². The first-order valence-corrected chi connectivity index (χ1v) is 3.83. The lowest BCUT2D eigenvalue weighted by molar-refractivity contribution is 0.302. The minimum atomic E-state index is 0.740. The highest BCUT2D eigenvalue weighted by molar-refractivity contribution is 4.93. The van der Waals surface area contributed by atoms with Crippen LogP contribution in [0.1, 0.15) is 26.2 Å². The lowest BCUT2D eigenvalue weighted by Gasteiger charge is -2.17. The molecule has 0 aromatic heterocycles. The molecule has 1 saturated carbocycles.